The number of allylic oxidation sites excluding steroid dienone is 1. The zero-order valence-corrected chi connectivity index (χ0v) is 12.0. The van der Waals surface area contributed by atoms with Gasteiger partial charge in [-0.05, 0) is 5.56 Å². The predicted octanol–water partition coefficient (Wildman–Crippen LogP) is 1.76. The molecular weight excluding hydrogens is 284 g/mol. The van der Waals surface area contributed by atoms with E-state index in [2.05, 4.69) is 9.47 Å². The molecule has 0 saturated heterocycles. The average molecular weight is 296 g/mol. The topological polar surface area (TPSA) is 100 Å². The summed E-state index contributed by atoms with van der Waals surface area (Å²) < 4.78 is 9.13. The van der Waals surface area contributed by atoms with E-state index in [1.807, 2.05) is 0 Å². The third-order valence-electron chi connectivity index (χ3n) is 2.67. The van der Waals surface area contributed by atoms with Crippen LogP contribution in [0, 0.1) is 22.7 Å². The highest BCUT2D eigenvalue weighted by atomic mass is 16.5. The molecule has 1 aromatic rings. The van der Waals surface area contributed by atoms with Crippen molar-refractivity contribution < 1.29 is 19.1 Å². The normalized spacial score (nSPS) is 9.91. The van der Waals surface area contributed by atoms with Gasteiger partial charge in [0.25, 0.3) is 0 Å². The van der Waals surface area contributed by atoms with E-state index in [1.165, 1.54) is 0 Å². The van der Waals surface area contributed by atoms with Gasteiger partial charge in [0.05, 0.1) is 19.8 Å². The molecular formula is C16H12N2O4. The van der Waals surface area contributed by atoms with Gasteiger partial charge < -0.3 is 9.47 Å². The molecule has 1 aromatic carbocycles. The minimum Gasteiger partial charge on any atom is -0.466 e. The summed E-state index contributed by atoms with van der Waals surface area (Å²) in [5, 5.41) is 18.3. The summed E-state index contributed by atoms with van der Waals surface area (Å²) in [5.74, 6) is -1.66. The van der Waals surface area contributed by atoms with Crippen LogP contribution >= 0.6 is 0 Å². The summed E-state index contributed by atoms with van der Waals surface area (Å²) in [6.07, 6.45) is 0.892. The molecule has 0 aromatic heterocycles. The molecule has 6 heteroatoms. The van der Waals surface area contributed by atoms with E-state index >= 15 is 0 Å². The van der Waals surface area contributed by atoms with Gasteiger partial charge in [-0.1, -0.05) is 30.3 Å². The molecule has 110 valence electrons. The summed E-state index contributed by atoms with van der Waals surface area (Å²) in [7, 11) is 2.28. The van der Waals surface area contributed by atoms with Crippen molar-refractivity contribution in [1.29, 1.82) is 10.5 Å². The number of rotatable bonds is 4. The molecule has 0 unspecified atom stereocenters. The highest BCUT2D eigenvalue weighted by Crippen LogP contribution is 2.27. The Morgan fingerprint density at radius 1 is 1.05 bits per heavy atom. The first-order valence-corrected chi connectivity index (χ1v) is 6.07. The summed E-state index contributed by atoms with van der Waals surface area (Å²) >= 11 is 0. The maximum absolute atomic E-state index is 12.0. The number of esters is 2. The molecule has 0 fully saturated rings. The lowest BCUT2D eigenvalue weighted by molar-refractivity contribution is -0.138. The Labute approximate surface area is 127 Å². The number of ether oxygens (including phenoxy) is 2. The summed E-state index contributed by atoms with van der Waals surface area (Å²) in [6, 6.07) is 11.7. The van der Waals surface area contributed by atoms with Gasteiger partial charge in [-0.3, -0.25) is 0 Å². The van der Waals surface area contributed by atoms with Gasteiger partial charge in [-0.15, -0.1) is 0 Å². The van der Waals surface area contributed by atoms with Crippen LogP contribution in [0.3, 0.4) is 0 Å². The molecule has 6 nitrogen and oxygen atoms in total. The highest BCUT2D eigenvalue weighted by molar-refractivity contribution is 6.11. The van der Waals surface area contributed by atoms with Crippen molar-refractivity contribution in [2.45, 2.75) is 0 Å². The fraction of sp³-hybridized carbons (Fsp3) is 0.125. The number of hydrogen-bond donors (Lipinski definition) is 0. The van der Waals surface area contributed by atoms with E-state index in [1.54, 1.807) is 42.5 Å². The van der Waals surface area contributed by atoms with Gasteiger partial charge in [0.15, 0.2) is 0 Å². The first-order valence-electron chi connectivity index (χ1n) is 6.07. The van der Waals surface area contributed by atoms with Gasteiger partial charge in [0, 0.05) is 11.6 Å². The summed E-state index contributed by atoms with van der Waals surface area (Å²) in [4.78, 5) is 23.4. The van der Waals surface area contributed by atoms with Crippen molar-refractivity contribution in [1.82, 2.24) is 0 Å². The molecule has 0 bridgehead atoms. The number of nitriles is 2. The standard InChI is InChI=1S/C16H12N2O4/c1-21-14(19)8-13(16(20)22-2)15(12(9-17)10-18)11-6-4-3-5-7-11/h3-8H,1-2H3/b13-8+. The molecule has 1 rings (SSSR count). The van der Waals surface area contributed by atoms with E-state index in [-0.39, 0.29) is 16.7 Å². The van der Waals surface area contributed by atoms with E-state index in [0.29, 0.717) is 5.56 Å². The molecule has 0 aliphatic carbocycles. The van der Waals surface area contributed by atoms with Crippen molar-refractivity contribution >= 4 is 17.5 Å². The molecule has 0 aliphatic rings. The smallest absolute Gasteiger partial charge is 0.338 e. The summed E-state index contributed by atoms with van der Waals surface area (Å²) in [5.41, 5.74) is -0.0885. The monoisotopic (exact) mass is 296 g/mol. The third kappa shape index (κ3) is 3.81. The fourth-order valence-corrected chi connectivity index (χ4v) is 1.70. The molecule has 0 saturated carbocycles. The number of benzene rings is 1. The van der Waals surface area contributed by atoms with E-state index in [9.17, 15) is 9.59 Å². The Morgan fingerprint density at radius 2 is 1.64 bits per heavy atom. The lowest BCUT2D eigenvalue weighted by atomic mass is 9.93. The number of carbonyl (C=O) groups excluding carboxylic acids is 2. The van der Waals surface area contributed by atoms with Crippen molar-refractivity contribution in [3.05, 3.63) is 53.1 Å². The fourth-order valence-electron chi connectivity index (χ4n) is 1.70. The van der Waals surface area contributed by atoms with E-state index in [0.717, 1.165) is 20.3 Å². The Morgan fingerprint density at radius 3 is 2.09 bits per heavy atom. The zero-order chi connectivity index (χ0) is 16.5. The van der Waals surface area contributed by atoms with Crippen LogP contribution in [-0.4, -0.2) is 26.2 Å². The van der Waals surface area contributed by atoms with Crippen LogP contribution in [0.5, 0.6) is 0 Å². The van der Waals surface area contributed by atoms with E-state index < -0.39 is 11.9 Å². The number of nitrogens with zero attached hydrogens (tertiary/aromatic N) is 2. The number of carbonyl (C=O) groups is 2. The van der Waals surface area contributed by atoms with Crippen LogP contribution in [0.2, 0.25) is 0 Å². The van der Waals surface area contributed by atoms with Gasteiger partial charge in [0.2, 0.25) is 0 Å². The summed E-state index contributed by atoms with van der Waals surface area (Å²) in [6.45, 7) is 0. The molecule has 0 spiro atoms. The molecule has 0 aliphatic heterocycles. The maximum Gasteiger partial charge on any atom is 0.338 e. The van der Waals surface area contributed by atoms with Crippen molar-refractivity contribution in [2.75, 3.05) is 14.2 Å². The van der Waals surface area contributed by atoms with Gasteiger partial charge in [-0.25, -0.2) is 9.59 Å². The minimum atomic E-state index is -0.854. The molecule has 0 radical (unpaired) electrons. The van der Waals surface area contributed by atoms with Gasteiger partial charge >= 0.3 is 11.9 Å². The molecule has 0 atom stereocenters. The second-order valence-corrected chi connectivity index (χ2v) is 3.91. The van der Waals surface area contributed by atoms with Crippen LogP contribution in [0.1, 0.15) is 5.56 Å². The highest BCUT2D eigenvalue weighted by Gasteiger charge is 2.22. The SMILES string of the molecule is COC(=O)/C=C(/C(=O)OC)C(=C(C#N)C#N)c1ccccc1. The van der Waals surface area contributed by atoms with Gasteiger partial charge in [0.1, 0.15) is 17.7 Å². The Hall–Kier alpha value is -3.38. The van der Waals surface area contributed by atoms with Crippen molar-refractivity contribution in [3.8, 4) is 12.1 Å². The van der Waals surface area contributed by atoms with E-state index in [4.69, 9.17) is 10.5 Å². The molecule has 0 amide bonds. The van der Waals surface area contributed by atoms with Crippen LogP contribution in [-0.2, 0) is 19.1 Å². The lowest BCUT2D eigenvalue weighted by Gasteiger charge is -2.11. The maximum atomic E-state index is 12.0. The Balaban J connectivity index is 3.69. The first kappa shape index (κ1) is 16.7. The first-order chi connectivity index (χ1) is 10.6. The minimum absolute atomic E-state index is 0.0165. The van der Waals surface area contributed by atoms with Crippen molar-refractivity contribution in [3.63, 3.8) is 0 Å². The molecule has 0 N–H and O–H groups in total. The van der Waals surface area contributed by atoms with Crippen LogP contribution < -0.4 is 0 Å². The van der Waals surface area contributed by atoms with Crippen LogP contribution in [0.4, 0.5) is 0 Å². The largest absolute Gasteiger partial charge is 0.466 e. The van der Waals surface area contributed by atoms with Gasteiger partial charge in [-0.2, -0.15) is 10.5 Å². The third-order valence-corrected chi connectivity index (χ3v) is 2.67. The Bertz CT molecular complexity index is 703. The number of hydrogen-bond acceptors (Lipinski definition) is 6. The quantitative estimate of drug-likeness (QED) is 0.363. The lowest BCUT2D eigenvalue weighted by Crippen LogP contribution is -2.11. The Kier molecular flexibility index (Phi) is 6.09. The molecule has 0 heterocycles. The molecule has 22 heavy (non-hydrogen) atoms. The predicted molar refractivity (Wildman–Crippen MR) is 76.7 cm³/mol. The van der Waals surface area contributed by atoms with Crippen LogP contribution in [0.25, 0.3) is 5.57 Å². The second kappa shape index (κ2) is 8.03. The average Bonchev–Trinajstić information content (AvgIpc) is 2.57. The van der Waals surface area contributed by atoms with Crippen LogP contribution in [0.15, 0.2) is 47.6 Å². The zero-order valence-electron chi connectivity index (χ0n) is 12.0. The number of methoxy groups -OCH3 is 2. The second-order valence-electron chi connectivity index (χ2n) is 3.91. The van der Waals surface area contributed by atoms with Crippen molar-refractivity contribution in [2.24, 2.45) is 0 Å².